The van der Waals surface area contributed by atoms with E-state index in [2.05, 4.69) is 15.2 Å². The molecular formula is C21H26N4O3. The molecule has 1 aromatic heterocycles. The molecule has 0 spiro atoms. The van der Waals surface area contributed by atoms with E-state index in [1.807, 2.05) is 12.1 Å². The summed E-state index contributed by atoms with van der Waals surface area (Å²) in [7, 11) is 0. The van der Waals surface area contributed by atoms with Crippen LogP contribution >= 0.6 is 0 Å². The first-order valence-electron chi connectivity index (χ1n) is 10.2. The molecule has 1 aromatic carbocycles. The Labute approximate surface area is 164 Å². The zero-order valence-corrected chi connectivity index (χ0v) is 16.0. The number of hydrogen-bond acceptors (Lipinski definition) is 5. The highest BCUT2D eigenvalue weighted by molar-refractivity contribution is 5.99. The van der Waals surface area contributed by atoms with E-state index < -0.39 is 0 Å². The fourth-order valence-electron chi connectivity index (χ4n) is 4.54. The summed E-state index contributed by atoms with van der Waals surface area (Å²) in [6.07, 6.45) is 10.6. The summed E-state index contributed by atoms with van der Waals surface area (Å²) in [4.78, 5) is 29.8. The molecule has 0 radical (unpaired) electrons. The van der Waals surface area contributed by atoms with Crippen LogP contribution in [0.2, 0.25) is 0 Å². The molecule has 1 aliphatic carbocycles. The lowest BCUT2D eigenvalue weighted by molar-refractivity contribution is -0.383. The number of nitrogens with zero attached hydrogens (tertiary/aromatic N) is 3. The largest absolute Gasteiger partial charge is 0.371 e. The first-order chi connectivity index (χ1) is 13.6. The number of anilines is 1. The number of fused-ring (bicyclic) bond motifs is 1. The Kier molecular flexibility index (Phi) is 5.41. The maximum atomic E-state index is 12.5. The van der Waals surface area contributed by atoms with Crippen molar-refractivity contribution in [2.24, 2.45) is 5.92 Å². The Morgan fingerprint density at radius 3 is 2.54 bits per heavy atom. The second-order valence-electron chi connectivity index (χ2n) is 7.89. The van der Waals surface area contributed by atoms with Gasteiger partial charge in [0.15, 0.2) is 0 Å². The van der Waals surface area contributed by atoms with Gasteiger partial charge in [0.1, 0.15) is 0 Å². The molecule has 1 saturated carbocycles. The molecule has 148 valence electrons. The van der Waals surface area contributed by atoms with Crippen LogP contribution in [0.25, 0.3) is 10.8 Å². The Hall–Kier alpha value is -2.70. The van der Waals surface area contributed by atoms with Gasteiger partial charge in [-0.25, -0.2) is 0 Å². The summed E-state index contributed by atoms with van der Waals surface area (Å²) < 4.78 is 0. The summed E-state index contributed by atoms with van der Waals surface area (Å²) in [5.74, 6) is 0.419. The first kappa shape index (κ1) is 18.7. The van der Waals surface area contributed by atoms with Crippen LogP contribution in [0.3, 0.4) is 0 Å². The molecule has 0 atom stereocenters. The molecule has 1 saturated heterocycles. The molecule has 2 fully saturated rings. The van der Waals surface area contributed by atoms with Gasteiger partial charge in [0, 0.05) is 54.6 Å². The van der Waals surface area contributed by atoms with E-state index in [1.165, 1.54) is 19.3 Å². The van der Waals surface area contributed by atoms with Gasteiger partial charge < -0.3 is 10.2 Å². The highest BCUT2D eigenvalue weighted by atomic mass is 16.6. The van der Waals surface area contributed by atoms with Crippen LogP contribution in [0.1, 0.15) is 44.9 Å². The van der Waals surface area contributed by atoms with E-state index in [-0.39, 0.29) is 28.5 Å². The fourth-order valence-corrected chi connectivity index (χ4v) is 4.54. The van der Waals surface area contributed by atoms with E-state index in [0.29, 0.717) is 5.39 Å². The minimum Gasteiger partial charge on any atom is -0.371 e. The van der Waals surface area contributed by atoms with Gasteiger partial charge in [-0.05, 0) is 37.8 Å². The van der Waals surface area contributed by atoms with Crippen molar-refractivity contribution in [1.29, 1.82) is 0 Å². The number of nitro benzene ring substituents is 1. The van der Waals surface area contributed by atoms with Crippen molar-refractivity contribution in [3.05, 3.63) is 40.7 Å². The van der Waals surface area contributed by atoms with Crippen molar-refractivity contribution in [3.63, 3.8) is 0 Å². The lowest BCUT2D eigenvalue weighted by atomic mass is 9.88. The molecule has 1 amide bonds. The molecule has 7 nitrogen and oxygen atoms in total. The quantitative estimate of drug-likeness (QED) is 0.642. The molecule has 7 heteroatoms. The van der Waals surface area contributed by atoms with Crippen LogP contribution in [0.5, 0.6) is 0 Å². The summed E-state index contributed by atoms with van der Waals surface area (Å²) in [5, 5.41) is 16.0. The number of carbonyl (C=O) groups is 1. The normalized spacial score (nSPS) is 18.9. The molecule has 0 unspecified atom stereocenters. The van der Waals surface area contributed by atoms with Gasteiger partial charge in [-0.2, -0.15) is 0 Å². The molecule has 28 heavy (non-hydrogen) atoms. The van der Waals surface area contributed by atoms with Crippen LogP contribution in [-0.4, -0.2) is 34.9 Å². The monoisotopic (exact) mass is 382 g/mol. The summed E-state index contributed by atoms with van der Waals surface area (Å²) in [6.45, 7) is 1.65. The van der Waals surface area contributed by atoms with Crippen LogP contribution in [0.4, 0.5) is 11.4 Å². The maximum absolute atomic E-state index is 12.5. The van der Waals surface area contributed by atoms with E-state index >= 15 is 0 Å². The topological polar surface area (TPSA) is 88.4 Å². The van der Waals surface area contributed by atoms with E-state index in [9.17, 15) is 14.9 Å². The number of aromatic nitrogens is 1. The van der Waals surface area contributed by atoms with Crippen molar-refractivity contribution in [2.45, 2.75) is 51.0 Å². The van der Waals surface area contributed by atoms with Crippen LogP contribution in [0.15, 0.2) is 30.6 Å². The van der Waals surface area contributed by atoms with Crippen molar-refractivity contribution in [3.8, 4) is 0 Å². The Morgan fingerprint density at radius 2 is 1.82 bits per heavy atom. The van der Waals surface area contributed by atoms with E-state index in [0.717, 1.165) is 49.8 Å². The third-order valence-electron chi connectivity index (χ3n) is 6.13. The number of pyridine rings is 1. The van der Waals surface area contributed by atoms with Gasteiger partial charge in [-0.15, -0.1) is 0 Å². The minimum absolute atomic E-state index is 0.0847. The number of non-ortho nitro benzene ring substituents is 1. The fraction of sp³-hybridized carbons (Fsp3) is 0.524. The van der Waals surface area contributed by atoms with Crippen molar-refractivity contribution >= 4 is 28.1 Å². The van der Waals surface area contributed by atoms with Gasteiger partial charge in [0.05, 0.1) is 10.3 Å². The predicted molar refractivity (Wildman–Crippen MR) is 108 cm³/mol. The van der Waals surface area contributed by atoms with E-state index in [1.54, 1.807) is 18.5 Å². The second kappa shape index (κ2) is 8.12. The van der Waals surface area contributed by atoms with Gasteiger partial charge in [0.25, 0.3) is 5.69 Å². The zero-order chi connectivity index (χ0) is 19.5. The third kappa shape index (κ3) is 3.79. The van der Waals surface area contributed by atoms with Gasteiger partial charge in [0.2, 0.25) is 5.91 Å². The molecular weight excluding hydrogens is 356 g/mol. The molecule has 2 aliphatic rings. The molecule has 1 aliphatic heterocycles. The van der Waals surface area contributed by atoms with Crippen molar-refractivity contribution < 1.29 is 9.72 Å². The summed E-state index contributed by atoms with van der Waals surface area (Å²) >= 11 is 0. The van der Waals surface area contributed by atoms with Crippen molar-refractivity contribution in [2.75, 3.05) is 18.0 Å². The molecule has 4 rings (SSSR count). The van der Waals surface area contributed by atoms with E-state index in [4.69, 9.17) is 0 Å². The Morgan fingerprint density at radius 1 is 1.07 bits per heavy atom. The second-order valence-corrected chi connectivity index (χ2v) is 7.89. The number of piperidine rings is 1. The number of carbonyl (C=O) groups excluding carboxylic acids is 1. The Balaban J connectivity index is 1.43. The van der Waals surface area contributed by atoms with Crippen LogP contribution in [0, 0.1) is 16.0 Å². The molecule has 2 heterocycles. The molecule has 1 N–H and O–H groups in total. The smallest absolute Gasteiger partial charge is 0.278 e. The average Bonchev–Trinajstić information content (AvgIpc) is 2.74. The highest BCUT2D eigenvalue weighted by Crippen LogP contribution is 2.34. The molecule has 2 aromatic rings. The lowest BCUT2D eigenvalue weighted by Gasteiger charge is -2.35. The molecule has 0 bridgehead atoms. The number of hydrogen-bond donors (Lipinski definition) is 1. The maximum Gasteiger partial charge on any atom is 0.278 e. The highest BCUT2D eigenvalue weighted by Gasteiger charge is 2.27. The van der Waals surface area contributed by atoms with Gasteiger partial charge in [-0.3, -0.25) is 19.9 Å². The number of nitro groups is 1. The van der Waals surface area contributed by atoms with Gasteiger partial charge in [-0.1, -0.05) is 19.3 Å². The minimum atomic E-state index is -0.360. The number of nitrogens with one attached hydrogen (secondary N) is 1. The number of amides is 1. The van der Waals surface area contributed by atoms with Crippen LogP contribution < -0.4 is 10.2 Å². The SMILES string of the molecule is O=C(NC1CCN(c2ccc([N+](=O)[O-])c3cnccc23)CC1)C1CCCCC1. The Bertz CT molecular complexity index is 871. The number of benzene rings is 1. The van der Waals surface area contributed by atoms with Crippen LogP contribution in [-0.2, 0) is 4.79 Å². The lowest BCUT2D eigenvalue weighted by Crippen LogP contribution is -2.46. The van der Waals surface area contributed by atoms with Gasteiger partial charge >= 0.3 is 0 Å². The average molecular weight is 382 g/mol. The van der Waals surface area contributed by atoms with Crippen molar-refractivity contribution in [1.82, 2.24) is 10.3 Å². The standard InChI is InChI=1S/C21H26N4O3/c26-21(15-4-2-1-3-5-15)23-16-9-12-24(13-10-16)19-6-7-20(25(27)28)18-14-22-11-8-17(18)19/h6-8,11,14-16H,1-5,9-10,12-13H2,(H,23,26). The predicted octanol–water partition coefficient (Wildman–Crippen LogP) is 3.81. The summed E-state index contributed by atoms with van der Waals surface area (Å²) in [5.41, 5.74) is 1.08. The first-order valence-corrected chi connectivity index (χ1v) is 10.2. The number of rotatable bonds is 4. The zero-order valence-electron chi connectivity index (χ0n) is 16.0. The third-order valence-corrected chi connectivity index (χ3v) is 6.13. The summed E-state index contributed by atoms with van der Waals surface area (Å²) in [6, 6.07) is 5.46.